The lowest BCUT2D eigenvalue weighted by molar-refractivity contribution is 0.0229. The maximum Gasteiger partial charge on any atom is 0.251 e. The molecule has 1 heterocycles. The van der Waals surface area contributed by atoms with Crippen LogP contribution < -0.4 is 10.6 Å². The van der Waals surface area contributed by atoms with Crippen molar-refractivity contribution in [2.75, 3.05) is 25.5 Å². The van der Waals surface area contributed by atoms with Crippen molar-refractivity contribution in [3.63, 3.8) is 0 Å². The molecular formula is C15H25N3O2. The number of aromatic nitrogens is 1. The van der Waals surface area contributed by atoms with Crippen molar-refractivity contribution in [2.24, 2.45) is 0 Å². The van der Waals surface area contributed by atoms with Crippen LogP contribution in [-0.4, -0.2) is 36.7 Å². The minimum absolute atomic E-state index is 0.105. The molecule has 0 aliphatic heterocycles. The van der Waals surface area contributed by atoms with Crippen LogP contribution in [0.5, 0.6) is 0 Å². The molecule has 5 heteroatoms. The highest BCUT2D eigenvalue weighted by atomic mass is 16.5. The molecule has 0 bridgehead atoms. The number of pyridine rings is 1. The van der Waals surface area contributed by atoms with Gasteiger partial charge in [0.25, 0.3) is 5.91 Å². The molecule has 1 aromatic rings. The molecule has 0 aromatic carbocycles. The molecular weight excluding hydrogens is 254 g/mol. The Bertz CT molecular complexity index is 458. The number of methoxy groups -OCH3 is 1. The van der Waals surface area contributed by atoms with Crippen LogP contribution in [0.15, 0.2) is 12.1 Å². The van der Waals surface area contributed by atoms with Gasteiger partial charge in [-0.1, -0.05) is 6.92 Å². The smallest absolute Gasteiger partial charge is 0.251 e. The fraction of sp³-hybridized carbons (Fsp3) is 0.600. The number of nitrogens with zero attached hydrogens (tertiary/aromatic N) is 1. The lowest BCUT2D eigenvalue weighted by Crippen LogP contribution is -2.39. The number of ether oxygens (including phenoxy) is 1. The topological polar surface area (TPSA) is 63.2 Å². The van der Waals surface area contributed by atoms with Crippen molar-refractivity contribution in [1.29, 1.82) is 0 Å². The average Bonchev–Trinajstić information content (AvgIpc) is 2.44. The lowest BCUT2D eigenvalue weighted by atomic mass is 10.1. The Hall–Kier alpha value is -1.62. The number of rotatable bonds is 7. The van der Waals surface area contributed by atoms with Gasteiger partial charge in [0, 0.05) is 31.5 Å². The second-order valence-electron chi connectivity index (χ2n) is 5.26. The number of hydrogen-bond donors (Lipinski definition) is 2. The molecule has 1 amide bonds. The summed E-state index contributed by atoms with van der Waals surface area (Å²) in [7, 11) is 1.64. The van der Waals surface area contributed by atoms with E-state index >= 15 is 0 Å². The van der Waals surface area contributed by atoms with Gasteiger partial charge in [0.1, 0.15) is 5.82 Å². The van der Waals surface area contributed by atoms with Gasteiger partial charge in [-0.3, -0.25) is 4.79 Å². The van der Waals surface area contributed by atoms with Crippen LogP contribution in [0.4, 0.5) is 5.82 Å². The van der Waals surface area contributed by atoms with Crippen LogP contribution in [0.1, 0.15) is 43.7 Å². The van der Waals surface area contributed by atoms with E-state index in [2.05, 4.69) is 15.6 Å². The summed E-state index contributed by atoms with van der Waals surface area (Å²) < 4.78 is 5.29. The normalized spacial score (nSPS) is 11.2. The number of hydrogen-bond acceptors (Lipinski definition) is 4. The van der Waals surface area contributed by atoms with E-state index in [0.717, 1.165) is 24.5 Å². The van der Waals surface area contributed by atoms with Gasteiger partial charge in [0.05, 0.1) is 5.60 Å². The molecule has 0 aliphatic carbocycles. The molecule has 2 N–H and O–H groups in total. The number of aryl methyl sites for hydroxylation is 1. The number of amides is 1. The Balaban J connectivity index is 2.83. The zero-order valence-electron chi connectivity index (χ0n) is 13.0. The summed E-state index contributed by atoms with van der Waals surface area (Å²) in [5.41, 5.74) is 1.15. The summed E-state index contributed by atoms with van der Waals surface area (Å²) in [5.74, 6) is 0.634. The molecule has 112 valence electrons. The van der Waals surface area contributed by atoms with E-state index in [0.29, 0.717) is 12.1 Å². The Labute approximate surface area is 121 Å². The first-order chi connectivity index (χ1) is 9.41. The van der Waals surface area contributed by atoms with Gasteiger partial charge < -0.3 is 15.4 Å². The molecule has 0 fully saturated rings. The molecule has 5 nitrogen and oxygen atoms in total. The first-order valence-corrected chi connectivity index (χ1v) is 7.00. The average molecular weight is 279 g/mol. The van der Waals surface area contributed by atoms with Gasteiger partial charge in [-0.2, -0.15) is 0 Å². The van der Waals surface area contributed by atoms with Crippen molar-refractivity contribution in [3.8, 4) is 0 Å². The molecule has 0 saturated carbocycles. The van der Waals surface area contributed by atoms with Gasteiger partial charge in [0.2, 0.25) is 0 Å². The third kappa shape index (κ3) is 4.81. The summed E-state index contributed by atoms with van der Waals surface area (Å²) in [5, 5.41) is 6.04. The first kappa shape index (κ1) is 16.4. The lowest BCUT2D eigenvalue weighted by Gasteiger charge is -2.23. The van der Waals surface area contributed by atoms with Crippen molar-refractivity contribution in [1.82, 2.24) is 10.3 Å². The Morgan fingerprint density at radius 2 is 2.05 bits per heavy atom. The molecule has 0 radical (unpaired) electrons. The number of carbonyl (C=O) groups excluding carboxylic acids is 1. The minimum atomic E-state index is -0.374. The van der Waals surface area contributed by atoms with Crippen LogP contribution >= 0.6 is 0 Å². The van der Waals surface area contributed by atoms with Crippen LogP contribution in [0.3, 0.4) is 0 Å². The van der Waals surface area contributed by atoms with Gasteiger partial charge in [-0.15, -0.1) is 0 Å². The van der Waals surface area contributed by atoms with Crippen molar-refractivity contribution < 1.29 is 9.53 Å². The second kappa shape index (κ2) is 7.24. The van der Waals surface area contributed by atoms with E-state index in [-0.39, 0.29) is 11.5 Å². The molecule has 20 heavy (non-hydrogen) atoms. The quantitative estimate of drug-likeness (QED) is 0.803. The van der Waals surface area contributed by atoms with E-state index in [1.807, 2.05) is 33.8 Å². The van der Waals surface area contributed by atoms with Gasteiger partial charge in [0.15, 0.2) is 0 Å². The summed E-state index contributed by atoms with van der Waals surface area (Å²) in [6.45, 7) is 9.12. The standard InChI is InChI=1S/C15H25N3O2/c1-6-12-8-11(9-13(18-12)16-7-2)14(19)17-10-15(3,4)20-5/h8-9H,6-7,10H2,1-5H3,(H,16,18)(H,17,19). The van der Waals surface area contributed by atoms with Gasteiger partial charge in [-0.25, -0.2) is 4.98 Å². The first-order valence-electron chi connectivity index (χ1n) is 7.00. The predicted molar refractivity (Wildman–Crippen MR) is 81.2 cm³/mol. The third-order valence-electron chi connectivity index (χ3n) is 3.09. The molecule has 0 atom stereocenters. The maximum absolute atomic E-state index is 12.2. The summed E-state index contributed by atoms with van der Waals surface area (Å²) in [6, 6.07) is 3.60. The minimum Gasteiger partial charge on any atom is -0.377 e. The molecule has 0 aliphatic rings. The maximum atomic E-state index is 12.2. The van der Waals surface area contributed by atoms with Gasteiger partial charge >= 0.3 is 0 Å². The van der Waals surface area contributed by atoms with Crippen molar-refractivity contribution in [2.45, 2.75) is 39.7 Å². The number of carbonyl (C=O) groups is 1. The monoisotopic (exact) mass is 279 g/mol. The molecule has 0 saturated heterocycles. The van der Waals surface area contributed by atoms with Gasteiger partial charge in [-0.05, 0) is 39.3 Å². The molecule has 0 unspecified atom stereocenters. The van der Waals surface area contributed by atoms with Crippen LogP contribution in [0.25, 0.3) is 0 Å². The van der Waals surface area contributed by atoms with Crippen LogP contribution in [0, 0.1) is 0 Å². The van der Waals surface area contributed by atoms with E-state index in [4.69, 9.17) is 4.74 Å². The van der Waals surface area contributed by atoms with E-state index in [1.165, 1.54) is 0 Å². The SMILES string of the molecule is CCNc1cc(C(=O)NCC(C)(C)OC)cc(CC)n1. The number of nitrogens with one attached hydrogen (secondary N) is 2. The largest absolute Gasteiger partial charge is 0.377 e. The summed E-state index contributed by atoms with van der Waals surface area (Å²) >= 11 is 0. The molecule has 0 spiro atoms. The van der Waals surface area contributed by atoms with E-state index in [9.17, 15) is 4.79 Å². The van der Waals surface area contributed by atoms with Crippen molar-refractivity contribution in [3.05, 3.63) is 23.4 Å². The van der Waals surface area contributed by atoms with E-state index in [1.54, 1.807) is 13.2 Å². The zero-order valence-corrected chi connectivity index (χ0v) is 13.0. The highest BCUT2D eigenvalue weighted by Gasteiger charge is 2.18. The fourth-order valence-corrected chi connectivity index (χ4v) is 1.64. The van der Waals surface area contributed by atoms with Crippen LogP contribution in [-0.2, 0) is 11.2 Å². The molecule has 1 rings (SSSR count). The summed E-state index contributed by atoms with van der Waals surface area (Å²) in [4.78, 5) is 16.6. The highest BCUT2D eigenvalue weighted by molar-refractivity contribution is 5.95. The molecule has 1 aromatic heterocycles. The Morgan fingerprint density at radius 1 is 1.35 bits per heavy atom. The predicted octanol–water partition coefficient (Wildman–Crippen LogP) is 2.23. The van der Waals surface area contributed by atoms with Crippen molar-refractivity contribution >= 4 is 11.7 Å². The Kier molecular flexibility index (Phi) is 5.95. The third-order valence-corrected chi connectivity index (χ3v) is 3.09. The van der Waals surface area contributed by atoms with E-state index < -0.39 is 0 Å². The Morgan fingerprint density at radius 3 is 2.60 bits per heavy atom. The van der Waals surface area contributed by atoms with Crippen LogP contribution in [0.2, 0.25) is 0 Å². The second-order valence-corrected chi connectivity index (χ2v) is 5.26. The zero-order chi connectivity index (χ0) is 15.2. The fourth-order valence-electron chi connectivity index (χ4n) is 1.64. The summed E-state index contributed by atoms with van der Waals surface area (Å²) in [6.07, 6.45) is 0.795. The number of anilines is 1. The highest BCUT2D eigenvalue weighted by Crippen LogP contribution is 2.12.